The third-order valence-electron chi connectivity index (χ3n) is 3.72. The molecule has 1 aliphatic heterocycles. The molecule has 21 heavy (non-hydrogen) atoms. The van der Waals surface area contributed by atoms with Gasteiger partial charge in [0, 0.05) is 23.6 Å². The highest BCUT2D eigenvalue weighted by Crippen LogP contribution is 2.40. The van der Waals surface area contributed by atoms with Crippen molar-refractivity contribution in [3.63, 3.8) is 0 Å². The van der Waals surface area contributed by atoms with Gasteiger partial charge in [0.15, 0.2) is 17.9 Å². The summed E-state index contributed by atoms with van der Waals surface area (Å²) >= 11 is 0. The number of Topliss-reactive ketones (excluding diaryl/α,β-unsaturated/α-hetero) is 2. The maximum absolute atomic E-state index is 12.6. The highest BCUT2D eigenvalue weighted by molar-refractivity contribution is 6.28. The number of ether oxygens (including phenoxy) is 2. The molecular formula is C15H14O6. The van der Waals surface area contributed by atoms with E-state index in [2.05, 4.69) is 0 Å². The molecule has 110 valence electrons. The number of rotatable bonds is 1. The maximum Gasteiger partial charge on any atom is 0.198 e. The number of benzene rings is 1. The molecule has 0 fully saturated rings. The van der Waals surface area contributed by atoms with Crippen LogP contribution in [0.4, 0.5) is 0 Å². The molecule has 0 amide bonds. The number of hydrogen-bond donors (Lipinski definition) is 2. The topological polar surface area (TPSA) is 93.1 Å². The number of phenolic OH excluding ortho intramolecular Hbond substituents is 1. The minimum Gasteiger partial charge on any atom is -0.508 e. The number of aliphatic hydroxyl groups is 1. The molecule has 1 aromatic carbocycles. The van der Waals surface area contributed by atoms with Crippen LogP contribution in [0.1, 0.15) is 34.1 Å². The molecule has 6 nitrogen and oxygen atoms in total. The van der Waals surface area contributed by atoms with Crippen molar-refractivity contribution in [1.29, 1.82) is 0 Å². The van der Waals surface area contributed by atoms with Gasteiger partial charge in [0.1, 0.15) is 11.5 Å². The number of methoxy groups -OCH3 is 1. The lowest BCUT2D eigenvalue weighted by molar-refractivity contribution is -0.112. The number of hydrogen-bond acceptors (Lipinski definition) is 6. The van der Waals surface area contributed by atoms with Crippen LogP contribution in [0.15, 0.2) is 23.3 Å². The minimum absolute atomic E-state index is 0.0328. The van der Waals surface area contributed by atoms with Gasteiger partial charge in [-0.15, -0.1) is 0 Å². The molecule has 3 rings (SSSR count). The first-order valence-electron chi connectivity index (χ1n) is 6.51. The van der Waals surface area contributed by atoms with Gasteiger partial charge in [-0.05, 0) is 13.0 Å². The number of carbonyl (C=O) groups is 2. The van der Waals surface area contributed by atoms with Crippen LogP contribution in [0, 0.1) is 0 Å². The Hall–Kier alpha value is -2.18. The molecular weight excluding hydrogens is 276 g/mol. The summed E-state index contributed by atoms with van der Waals surface area (Å²) in [4.78, 5) is 25.2. The highest BCUT2D eigenvalue weighted by atomic mass is 16.6. The summed E-state index contributed by atoms with van der Waals surface area (Å²) in [5.41, 5.74) is 0.356. The standard InChI is InChI=1S/C15H14O6/c1-6-3-8-12(15(19)21-6)14(18)11-9(13(8)17)4-7(16)5-10(11)20-2/h4-6,15-16,19H,3H2,1-2H3/t6-,15+/m0/s1. The van der Waals surface area contributed by atoms with Crippen LogP contribution in [-0.2, 0) is 4.74 Å². The average Bonchev–Trinajstić information content (AvgIpc) is 2.42. The summed E-state index contributed by atoms with van der Waals surface area (Å²) in [6.45, 7) is 1.71. The molecule has 0 saturated carbocycles. The third kappa shape index (κ3) is 1.95. The predicted octanol–water partition coefficient (Wildman–Crippen LogP) is 1.20. The minimum atomic E-state index is -1.42. The van der Waals surface area contributed by atoms with E-state index in [1.165, 1.54) is 19.2 Å². The van der Waals surface area contributed by atoms with Crippen LogP contribution < -0.4 is 4.74 Å². The summed E-state index contributed by atoms with van der Waals surface area (Å²) in [5, 5.41) is 19.6. The van der Waals surface area contributed by atoms with Crippen molar-refractivity contribution in [2.75, 3.05) is 7.11 Å². The third-order valence-corrected chi connectivity index (χ3v) is 3.72. The van der Waals surface area contributed by atoms with E-state index in [-0.39, 0.29) is 52.1 Å². The number of ketones is 2. The van der Waals surface area contributed by atoms with Crippen LogP contribution in [-0.4, -0.2) is 41.3 Å². The van der Waals surface area contributed by atoms with Crippen LogP contribution in [0.3, 0.4) is 0 Å². The van der Waals surface area contributed by atoms with Gasteiger partial charge in [-0.25, -0.2) is 0 Å². The van der Waals surface area contributed by atoms with E-state index in [0.717, 1.165) is 0 Å². The lowest BCUT2D eigenvalue weighted by atomic mass is 9.80. The predicted molar refractivity (Wildman–Crippen MR) is 71.5 cm³/mol. The van der Waals surface area contributed by atoms with Crippen molar-refractivity contribution in [1.82, 2.24) is 0 Å². The summed E-state index contributed by atoms with van der Waals surface area (Å²) in [6, 6.07) is 2.50. The van der Waals surface area contributed by atoms with E-state index < -0.39 is 12.1 Å². The second-order valence-electron chi connectivity index (χ2n) is 5.12. The van der Waals surface area contributed by atoms with E-state index >= 15 is 0 Å². The zero-order valence-corrected chi connectivity index (χ0v) is 11.5. The summed E-state index contributed by atoms with van der Waals surface area (Å²) in [5.74, 6) is -0.948. The fourth-order valence-electron chi connectivity index (χ4n) is 2.82. The van der Waals surface area contributed by atoms with E-state index in [9.17, 15) is 19.8 Å². The fraction of sp³-hybridized carbons (Fsp3) is 0.333. The lowest BCUT2D eigenvalue weighted by Gasteiger charge is -2.32. The molecule has 0 radical (unpaired) electrons. The zero-order valence-electron chi connectivity index (χ0n) is 11.5. The van der Waals surface area contributed by atoms with Gasteiger partial charge in [-0.2, -0.15) is 0 Å². The van der Waals surface area contributed by atoms with Crippen molar-refractivity contribution in [2.45, 2.75) is 25.7 Å². The number of aliphatic hydroxyl groups excluding tert-OH is 1. The quantitative estimate of drug-likeness (QED) is 0.807. The Kier molecular flexibility index (Phi) is 3.07. The zero-order chi connectivity index (χ0) is 15.3. The van der Waals surface area contributed by atoms with Gasteiger partial charge in [0.05, 0.1) is 24.4 Å². The van der Waals surface area contributed by atoms with Gasteiger partial charge in [0.2, 0.25) is 0 Å². The number of fused-ring (bicyclic) bond motifs is 1. The second kappa shape index (κ2) is 4.68. The molecule has 0 spiro atoms. The molecule has 2 atom stereocenters. The van der Waals surface area contributed by atoms with Gasteiger partial charge in [-0.3, -0.25) is 9.59 Å². The largest absolute Gasteiger partial charge is 0.508 e. The first-order valence-corrected chi connectivity index (χ1v) is 6.51. The molecule has 0 unspecified atom stereocenters. The highest BCUT2D eigenvalue weighted by Gasteiger charge is 2.41. The Balaban J connectivity index is 2.25. The van der Waals surface area contributed by atoms with Crippen molar-refractivity contribution in [3.8, 4) is 11.5 Å². The fourth-order valence-corrected chi connectivity index (χ4v) is 2.82. The van der Waals surface area contributed by atoms with Crippen LogP contribution in [0.2, 0.25) is 0 Å². The Morgan fingerprint density at radius 2 is 2.00 bits per heavy atom. The van der Waals surface area contributed by atoms with E-state index in [0.29, 0.717) is 0 Å². The first kappa shape index (κ1) is 13.8. The molecule has 1 aliphatic carbocycles. The maximum atomic E-state index is 12.6. The Bertz CT molecular complexity index is 688. The number of phenols is 1. The van der Waals surface area contributed by atoms with Gasteiger partial charge >= 0.3 is 0 Å². The molecule has 0 saturated heterocycles. The SMILES string of the molecule is COc1cc(O)cc2c1C(=O)C1=C(C[C@H](C)O[C@H]1O)C2=O. The van der Waals surface area contributed by atoms with Crippen LogP contribution in [0.25, 0.3) is 0 Å². The monoisotopic (exact) mass is 290 g/mol. The number of aromatic hydroxyl groups is 1. The normalized spacial score (nSPS) is 24.7. The smallest absolute Gasteiger partial charge is 0.198 e. The Labute approximate surface area is 120 Å². The van der Waals surface area contributed by atoms with Gasteiger partial charge in [-0.1, -0.05) is 0 Å². The van der Waals surface area contributed by atoms with Gasteiger partial charge < -0.3 is 19.7 Å². The van der Waals surface area contributed by atoms with Crippen molar-refractivity contribution < 1.29 is 29.3 Å². The second-order valence-corrected chi connectivity index (χ2v) is 5.12. The lowest BCUT2D eigenvalue weighted by Crippen LogP contribution is -2.37. The molecule has 0 bridgehead atoms. The average molecular weight is 290 g/mol. The number of carbonyl (C=O) groups excluding carboxylic acids is 2. The van der Waals surface area contributed by atoms with Gasteiger partial charge in [0.25, 0.3) is 0 Å². The molecule has 0 aromatic heterocycles. The van der Waals surface area contributed by atoms with Crippen LogP contribution >= 0.6 is 0 Å². The van der Waals surface area contributed by atoms with E-state index in [1.54, 1.807) is 6.92 Å². The Morgan fingerprint density at radius 1 is 1.29 bits per heavy atom. The molecule has 1 heterocycles. The molecule has 2 aliphatic rings. The van der Waals surface area contributed by atoms with Crippen molar-refractivity contribution in [2.24, 2.45) is 0 Å². The van der Waals surface area contributed by atoms with Crippen LogP contribution in [0.5, 0.6) is 11.5 Å². The summed E-state index contributed by atoms with van der Waals surface area (Å²) in [7, 11) is 1.34. The molecule has 2 N–H and O–H groups in total. The van der Waals surface area contributed by atoms with E-state index in [1.807, 2.05) is 0 Å². The van der Waals surface area contributed by atoms with Crippen molar-refractivity contribution >= 4 is 11.6 Å². The Morgan fingerprint density at radius 3 is 2.67 bits per heavy atom. The molecule has 6 heteroatoms. The van der Waals surface area contributed by atoms with E-state index in [4.69, 9.17) is 9.47 Å². The first-order chi connectivity index (χ1) is 9.93. The van der Waals surface area contributed by atoms with Crippen molar-refractivity contribution in [3.05, 3.63) is 34.4 Å². The molecule has 1 aromatic rings. The summed E-state index contributed by atoms with van der Waals surface area (Å²) < 4.78 is 10.3. The summed E-state index contributed by atoms with van der Waals surface area (Å²) in [6.07, 6.45) is -1.54.